The maximum atomic E-state index is 14.5. The number of aryl methyl sites for hydroxylation is 1. The number of halogens is 1. The van der Waals surface area contributed by atoms with Gasteiger partial charge in [-0.1, -0.05) is 44.2 Å². The first-order valence-corrected chi connectivity index (χ1v) is 9.25. The van der Waals surface area contributed by atoms with Crippen LogP contribution in [0.25, 0.3) is 22.2 Å². The standard InChI is InChI=1S/C22H27FN2/c1-3-15(2)16-11-8-12-18-17(9-6-7-14-24)22(25-21(16)18)19-10-4-5-13-20(19)23/h4-5,8,10-13,15,25H,3,6-7,9,14,24H2,1-2H3. The highest BCUT2D eigenvalue weighted by atomic mass is 19.1. The first kappa shape index (κ1) is 17.7. The summed E-state index contributed by atoms with van der Waals surface area (Å²) in [5.41, 5.74) is 10.9. The van der Waals surface area contributed by atoms with Crippen molar-refractivity contribution in [1.82, 2.24) is 4.98 Å². The van der Waals surface area contributed by atoms with Crippen molar-refractivity contribution in [3.8, 4) is 11.3 Å². The van der Waals surface area contributed by atoms with Gasteiger partial charge in [-0.2, -0.15) is 0 Å². The van der Waals surface area contributed by atoms with Gasteiger partial charge in [0.25, 0.3) is 0 Å². The van der Waals surface area contributed by atoms with Crippen LogP contribution in [0.4, 0.5) is 4.39 Å². The van der Waals surface area contributed by atoms with E-state index in [1.165, 1.54) is 22.6 Å². The molecular weight excluding hydrogens is 311 g/mol. The number of benzene rings is 2. The minimum absolute atomic E-state index is 0.181. The summed E-state index contributed by atoms with van der Waals surface area (Å²) < 4.78 is 14.5. The zero-order valence-electron chi connectivity index (χ0n) is 15.1. The van der Waals surface area contributed by atoms with Gasteiger partial charge in [0.2, 0.25) is 0 Å². The molecule has 0 saturated carbocycles. The third-order valence-electron chi connectivity index (χ3n) is 5.14. The Hall–Kier alpha value is -2.13. The fourth-order valence-corrected chi connectivity index (χ4v) is 3.53. The fraction of sp³-hybridized carbons (Fsp3) is 0.364. The van der Waals surface area contributed by atoms with E-state index in [0.29, 0.717) is 18.0 Å². The summed E-state index contributed by atoms with van der Waals surface area (Å²) in [7, 11) is 0. The molecule has 0 fully saturated rings. The minimum atomic E-state index is -0.181. The number of nitrogens with two attached hydrogens (primary N) is 1. The second-order valence-electron chi connectivity index (χ2n) is 6.78. The molecule has 0 bridgehead atoms. The van der Waals surface area contributed by atoms with E-state index in [4.69, 9.17) is 5.73 Å². The first-order chi connectivity index (χ1) is 12.2. The fourth-order valence-electron chi connectivity index (χ4n) is 3.53. The van der Waals surface area contributed by atoms with Crippen LogP contribution in [0.3, 0.4) is 0 Å². The summed E-state index contributed by atoms with van der Waals surface area (Å²) in [5, 5.41) is 1.22. The molecule has 132 valence electrons. The Bertz CT molecular complexity index is 850. The number of H-pyrrole nitrogens is 1. The maximum Gasteiger partial charge on any atom is 0.132 e. The van der Waals surface area contributed by atoms with Gasteiger partial charge in [0.05, 0.1) is 5.69 Å². The number of fused-ring (bicyclic) bond motifs is 1. The summed E-state index contributed by atoms with van der Waals surface area (Å²) in [6, 6.07) is 13.5. The number of unbranched alkanes of at least 4 members (excludes halogenated alkanes) is 1. The lowest BCUT2D eigenvalue weighted by Gasteiger charge is -2.10. The van der Waals surface area contributed by atoms with Crippen molar-refractivity contribution >= 4 is 10.9 Å². The van der Waals surface area contributed by atoms with Gasteiger partial charge in [-0.05, 0) is 61.4 Å². The molecular formula is C22H27FN2. The van der Waals surface area contributed by atoms with Gasteiger partial charge in [-0.15, -0.1) is 0 Å². The van der Waals surface area contributed by atoms with Crippen LogP contribution in [0.15, 0.2) is 42.5 Å². The number of hydrogen-bond donors (Lipinski definition) is 2. The van der Waals surface area contributed by atoms with E-state index in [0.717, 1.165) is 36.9 Å². The SMILES string of the molecule is CCC(C)c1cccc2c(CCCCN)c(-c3ccccc3F)[nH]c12. The number of aromatic amines is 1. The molecule has 2 aromatic carbocycles. The Kier molecular flexibility index (Phi) is 5.54. The van der Waals surface area contributed by atoms with Crippen LogP contribution in [0.5, 0.6) is 0 Å². The molecule has 2 nitrogen and oxygen atoms in total. The molecule has 0 saturated heterocycles. The van der Waals surface area contributed by atoms with Crippen molar-refractivity contribution in [2.45, 2.75) is 45.4 Å². The van der Waals surface area contributed by atoms with Crippen LogP contribution in [-0.2, 0) is 6.42 Å². The molecule has 0 spiro atoms. The number of nitrogens with one attached hydrogen (secondary N) is 1. The predicted octanol–water partition coefficient (Wildman–Crippen LogP) is 5.77. The molecule has 3 rings (SSSR count). The van der Waals surface area contributed by atoms with Crippen molar-refractivity contribution in [3.05, 3.63) is 59.4 Å². The highest BCUT2D eigenvalue weighted by Crippen LogP contribution is 2.36. The van der Waals surface area contributed by atoms with Crippen LogP contribution in [0, 0.1) is 5.82 Å². The lowest BCUT2D eigenvalue weighted by molar-refractivity contribution is 0.630. The van der Waals surface area contributed by atoms with Crippen molar-refractivity contribution in [1.29, 1.82) is 0 Å². The van der Waals surface area contributed by atoms with Gasteiger partial charge in [-0.25, -0.2) is 4.39 Å². The Morgan fingerprint density at radius 1 is 1.08 bits per heavy atom. The Morgan fingerprint density at radius 3 is 2.60 bits per heavy atom. The first-order valence-electron chi connectivity index (χ1n) is 9.25. The normalized spacial score (nSPS) is 12.6. The molecule has 1 atom stereocenters. The summed E-state index contributed by atoms with van der Waals surface area (Å²) in [6.07, 6.45) is 3.98. The molecule has 3 heteroatoms. The van der Waals surface area contributed by atoms with E-state index in [1.807, 2.05) is 12.1 Å². The molecule has 1 heterocycles. The smallest absolute Gasteiger partial charge is 0.132 e. The van der Waals surface area contributed by atoms with Gasteiger partial charge in [0.15, 0.2) is 0 Å². The Morgan fingerprint density at radius 2 is 1.88 bits per heavy atom. The maximum absolute atomic E-state index is 14.5. The van der Waals surface area contributed by atoms with Crippen LogP contribution in [0.1, 0.15) is 50.2 Å². The number of hydrogen-bond acceptors (Lipinski definition) is 1. The molecule has 0 aliphatic carbocycles. The van der Waals surface area contributed by atoms with Crippen LogP contribution in [-0.4, -0.2) is 11.5 Å². The van der Waals surface area contributed by atoms with E-state index < -0.39 is 0 Å². The van der Waals surface area contributed by atoms with Gasteiger partial charge in [0.1, 0.15) is 5.82 Å². The summed E-state index contributed by atoms with van der Waals surface area (Å²) in [4.78, 5) is 3.56. The second-order valence-corrected chi connectivity index (χ2v) is 6.78. The van der Waals surface area contributed by atoms with Gasteiger partial charge in [-0.3, -0.25) is 0 Å². The van der Waals surface area contributed by atoms with E-state index in [2.05, 4.69) is 37.0 Å². The molecule has 1 unspecified atom stereocenters. The van der Waals surface area contributed by atoms with Gasteiger partial charge >= 0.3 is 0 Å². The van der Waals surface area contributed by atoms with E-state index >= 15 is 0 Å². The predicted molar refractivity (Wildman–Crippen MR) is 104 cm³/mol. The van der Waals surface area contributed by atoms with E-state index in [9.17, 15) is 4.39 Å². The molecule has 25 heavy (non-hydrogen) atoms. The topological polar surface area (TPSA) is 41.8 Å². The van der Waals surface area contributed by atoms with Crippen LogP contribution < -0.4 is 5.73 Å². The summed E-state index contributed by atoms with van der Waals surface area (Å²) in [5.74, 6) is 0.284. The molecule has 0 amide bonds. The quantitative estimate of drug-likeness (QED) is 0.528. The largest absolute Gasteiger partial charge is 0.354 e. The number of para-hydroxylation sites is 1. The average Bonchev–Trinajstić information content (AvgIpc) is 3.00. The third kappa shape index (κ3) is 3.47. The molecule has 0 aliphatic rings. The van der Waals surface area contributed by atoms with E-state index in [1.54, 1.807) is 6.07 Å². The summed E-state index contributed by atoms with van der Waals surface area (Å²) in [6.45, 7) is 5.13. The van der Waals surface area contributed by atoms with Crippen molar-refractivity contribution in [2.24, 2.45) is 5.73 Å². The van der Waals surface area contributed by atoms with Gasteiger partial charge < -0.3 is 10.7 Å². The highest BCUT2D eigenvalue weighted by molar-refractivity contribution is 5.93. The van der Waals surface area contributed by atoms with Crippen molar-refractivity contribution in [3.63, 3.8) is 0 Å². The van der Waals surface area contributed by atoms with Crippen molar-refractivity contribution in [2.75, 3.05) is 6.54 Å². The molecule has 0 radical (unpaired) electrons. The highest BCUT2D eigenvalue weighted by Gasteiger charge is 2.18. The summed E-state index contributed by atoms with van der Waals surface area (Å²) >= 11 is 0. The number of rotatable bonds is 7. The van der Waals surface area contributed by atoms with Crippen LogP contribution in [0.2, 0.25) is 0 Å². The van der Waals surface area contributed by atoms with Crippen LogP contribution >= 0.6 is 0 Å². The number of aromatic nitrogens is 1. The molecule has 3 aromatic rings. The zero-order chi connectivity index (χ0) is 17.8. The Labute approximate surface area is 149 Å². The lowest BCUT2D eigenvalue weighted by atomic mass is 9.94. The second kappa shape index (κ2) is 7.83. The molecule has 0 aliphatic heterocycles. The molecule has 1 aromatic heterocycles. The van der Waals surface area contributed by atoms with E-state index in [-0.39, 0.29) is 5.82 Å². The minimum Gasteiger partial charge on any atom is -0.354 e. The zero-order valence-corrected chi connectivity index (χ0v) is 15.1. The lowest BCUT2D eigenvalue weighted by Crippen LogP contribution is -1.99. The monoisotopic (exact) mass is 338 g/mol. The van der Waals surface area contributed by atoms with Crippen molar-refractivity contribution < 1.29 is 4.39 Å². The molecule has 3 N–H and O–H groups in total. The van der Waals surface area contributed by atoms with Gasteiger partial charge in [0, 0.05) is 16.5 Å². The average molecular weight is 338 g/mol. The Balaban J connectivity index is 2.20. The third-order valence-corrected chi connectivity index (χ3v) is 5.14.